The van der Waals surface area contributed by atoms with Crippen LogP contribution < -0.4 is 20.4 Å². The molecule has 0 radical (unpaired) electrons. The largest absolute Gasteiger partial charge is 0.378 e. The van der Waals surface area contributed by atoms with Crippen LogP contribution in [-0.4, -0.2) is 63.6 Å². The van der Waals surface area contributed by atoms with Crippen LogP contribution in [0.25, 0.3) is 0 Å². The normalized spacial score (nSPS) is 17.0. The Bertz CT molecular complexity index is 869. The van der Waals surface area contributed by atoms with Gasteiger partial charge in [-0.05, 0) is 35.9 Å². The van der Waals surface area contributed by atoms with Crippen LogP contribution in [0.15, 0.2) is 36.5 Å². The molecule has 0 bridgehead atoms. The molecular formula is C21H26ClN5O3. The topological polar surface area (TPSA) is 79.0 Å². The van der Waals surface area contributed by atoms with Crippen molar-refractivity contribution >= 4 is 34.8 Å². The highest BCUT2D eigenvalue weighted by Crippen LogP contribution is 2.29. The van der Waals surface area contributed by atoms with Crippen molar-refractivity contribution in [3.63, 3.8) is 0 Å². The third-order valence-electron chi connectivity index (χ3n) is 5.16. The van der Waals surface area contributed by atoms with Gasteiger partial charge in [-0.15, -0.1) is 0 Å². The zero-order chi connectivity index (χ0) is 20.8. The Morgan fingerprint density at radius 2 is 1.70 bits per heavy atom. The fraction of sp³-hybridized carbons (Fsp3) is 0.429. The second kappa shape index (κ2) is 9.97. The molecule has 1 aromatic heterocycles. The van der Waals surface area contributed by atoms with Gasteiger partial charge in [0, 0.05) is 43.9 Å². The molecule has 2 aliphatic rings. The molecule has 160 valence electrons. The van der Waals surface area contributed by atoms with E-state index in [2.05, 4.69) is 25.4 Å². The van der Waals surface area contributed by atoms with Gasteiger partial charge in [0.25, 0.3) is 0 Å². The van der Waals surface area contributed by atoms with Gasteiger partial charge >= 0.3 is 6.03 Å². The summed E-state index contributed by atoms with van der Waals surface area (Å²) in [5.74, 6) is 0.905. The lowest BCUT2D eigenvalue weighted by atomic mass is 10.2. The SMILES string of the molecule is O=C(NCc1ccnc(N2CCOCC2)c1)Nc1cc(Cl)ccc1N1CCOCC1. The summed E-state index contributed by atoms with van der Waals surface area (Å²) >= 11 is 6.17. The minimum absolute atomic E-state index is 0.281. The van der Waals surface area contributed by atoms with Crippen molar-refractivity contribution in [1.82, 2.24) is 10.3 Å². The van der Waals surface area contributed by atoms with Crippen LogP contribution in [0.5, 0.6) is 0 Å². The van der Waals surface area contributed by atoms with Crippen molar-refractivity contribution in [3.05, 3.63) is 47.1 Å². The van der Waals surface area contributed by atoms with E-state index >= 15 is 0 Å². The van der Waals surface area contributed by atoms with Gasteiger partial charge in [0.2, 0.25) is 0 Å². The summed E-state index contributed by atoms with van der Waals surface area (Å²) < 4.78 is 10.8. The number of amides is 2. The van der Waals surface area contributed by atoms with Crippen molar-refractivity contribution in [2.75, 3.05) is 67.7 Å². The summed E-state index contributed by atoms with van der Waals surface area (Å²) in [4.78, 5) is 21.4. The summed E-state index contributed by atoms with van der Waals surface area (Å²) in [6, 6.07) is 9.17. The number of hydrogen-bond acceptors (Lipinski definition) is 6. The standard InChI is InChI=1S/C21H26ClN5O3/c22-17-1-2-19(26-5-9-29-10-6-26)18(14-17)25-21(28)24-15-16-3-4-23-20(13-16)27-7-11-30-12-8-27/h1-4,13-14H,5-12,15H2,(H2,24,25,28). The summed E-state index contributed by atoms with van der Waals surface area (Å²) in [6.45, 7) is 6.35. The third-order valence-corrected chi connectivity index (χ3v) is 5.39. The number of benzene rings is 1. The van der Waals surface area contributed by atoms with Crippen molar-refractivity contribution < 1.29 is 14.3 Å². The van der Waals surface area contributed by atoms with E-state index in [-0.39, 0.29) is 6.03 Å². The number of rotatable bonds is 5. The maximum Gasteiger partial charge on any atom is 0.319 e. The molecule has 0 atom stereocenters. The molecule has 3 heterocycles. The van der Waals surface area contributed by atoms with E-state index in [1.54, 1.807) is 12.3 Å². The Labute approximate surface area is 181 Å². The molecule has 2 amide bonds. The minimum atomic E-state index is -0.281. The van der Waals surface area contributed by atoms with Crippen molar-refractivity contribution in [2.24, 2.45) is 0 Å². The van der Waals surface area contributed by atoms with Crippen LogP contribution in [-0.2, 0) is 16.0 Å². The molecule has 0 saturated carbocycles. The molecule has 0 aliphatic carbocycles. The minimum Gasteiger partial charge on any atom is -0.378 e. The van der Waals surface area contributed by atoms with Crippen LogP contribution in [0, 0.1) is 0 Å². The zero-order valence-corrected chi connectivity index (χ0v) is 17.5. The average molecular weight is 432 g/mol. The number of halogens is 1. The predicted octanol–water partition coefficient (Wildman–Crippen LogP) is 2.73. The number of nitrogens with zero attached hydrogens (tertiary/aromatic N) is 3. The molecule has 2 aliphatic heterocycles. The summed E-state index contributed by atoms with van der Waals surface area (Å²) in [6.07, 6.45) is 1.77. The molecule has 8 nitrogen and oxygen atoms in total. The van der Waals surface area contributed by atoms with Gasteiger partial charge in [-0.3, -0.25) is 0 Å². The Hall–Kier alpha value is -2.55. The van der Waals surface area contributed by atoms with E-state index in [4.69, 9.17) is 21.1 Å². The lowest BCUT2D eigenvalue weighted by molar-refractivity contribution is 0.122. The number of anilines is 3. The first-order valence-corrected chi connectivity index (χ1v) is 10.5. The fourth-order valence-electron chi connectivity index (χ4n) is 3.57. The highest BCUT2D eigenvalue weighted by atomic mass is 35.5. The second-order valence-electron chi connectivity index (χ2n) is 7.19. The maximum absolute atomic E-state index is 12.6. The van der Waals surface area contributed by atoms with Gasteiger partial charge in [0.1, 0.15) is 5.82 Å². The number of ether oxygens (including phenoxy) is 2. The number of pyridine rings is 1. The maximum atomic E-state index is 12.6. The van der Waals surface area contributed by atoms with Gasteiger partial charge in [-0.1, -0.05) is 11.6 Å². The number of aromatic nitrogens is 1. The van der Waals surface area contributed by atoms with Crippen LogP contribution >= 0.6 is 11.6 Å². The van der Waals surface area contributed by atoms with Gasteiger partial charge in [-0.25, -0.2) is 9.78 Å². The number of nitrogens with one attached hydrogen (secondary N) is 2. The molecule has 2 aromatic rings. The van der Waals surface area contributed by atoms with E-state index in [1.165, 1.54) is 0 Å². The van der Waals surface area contributed by atoms with Gasteiger partial charge in [-0.2, -0.15) is 0 Å². The van der Waals surface area contributed by atoms with Crippen LogP contribution in [0.4, 0.5) is 22.0 Å². The van der Waals surface area contributed by atoms with E-state index in [1.807, 2.05) is 24.3 Å². The van der Waals surface area contributed by atoms with Crippen molar-refractivity contribution in [3.8, 4) is 0 Å². The Kier molecular flexibility index (Phi) is 6.88. The van der Waals surface area contributed by atoms with Crippen LogP contribution in [0.1, 0.15) is 5.56 Å². The predicted molar refractivity (Wildman–Crippen MR) is 118 cm³/mol. The third kappa shape index (κ3) is 5.33. The Morgan fingerprint density at radius 3 is 2.43 bits per heavy atom. The Balaban J connectivity index is 1.38. The fourth-order valence-corrected chi connectivity index (χ4v) is 3.75. The first kappa shape index (κ1) is 20.7. The number of hydrogen-bond donors (Lipinski definition) is 2. The van der Waals surface area contributed by atoms with E-state index in [0.717, 1.165) is 43.2 Å². The monoisotopic (exact) mass is 431 g/mol. The molecule has 30 heavy (non-hydrogen) atoms. The lowest BCUT2D eigenvalue weighted by Crippen LogP contribution is -2.37. The first-order valence-electron chi connectivity index (χ1n) is 10.1. The summed E-state index contributed by atoms with van der Waals surface area (Å²) in [5, 5.41) is 6.43. The van der Waals surface area contributed by atoms with Crippen molar-refractivity contribution in [2.45, 2.75) is 6.54 Å². The van der Waals surface area contributed by atoms with Crippen LogP contribution in [0.3, 0.4) is 0 Å². The van der Waals surface area contributed by atoms with E-state index < -0.39 is 0 Å². The molecule has 0 spiro atoms. The molecular weight excluding hydrogens is 406 g/mol. The highest BCUT2D eigenvalue weighted by molar-refractivity contribution is 6.31. The number of morpholine rings is 2. The van der Waals surface area contributed by atoms with Gasteiger partial charge in [0.15, 0.2) is 0 Å². The lowest BCUT2D eigenvalue weighted by Gasteiger charge is -2.30. The van der Waals surface area contributed by atoms with Gasteiger partial charge < -0.3 is 29.9 Å². The Morgan fingerprint density at radius 1 is 1.00 bits per heavy atom. The van der Waals surface area contributed by atoms with E-state index in [9.17, 15) is 4.79 Å². The molecule has 9 heteroatoms. The smallest absolute Gasteiger partial charge is 0.319 e. The molecule has 1 aromatic carbocycles. The first-order chi connectivity index (χ1) is 14.7. The van der Waals surface area contributed by atoms with Crippen molar-refractivity contribution in [1.29, 1.82) is 0 Å². The summed E-state index contributed by atoms with van der Waals surface area (Å²) in [7, 11) is 0. The second-order valence-corrected chi connectivity index (χ2v) is 7.63. The zero-order valence-electron chi connectivity index (χ0n) is 16.8. The molecule has 0 unspecified atom stereocenters. The molecule has 2 N–H and O–H groups in total. The highest BCUT2D eigenvalue weighted by Gasteiger charge is 2.17. The average Bonchev–Trinajstić information content (AvgIpc) is 2.79. The molecule has 2 fully saturated rings. The number of urea groups is 1. The summed E-state index contributed by atoms with van der Waals surface area (Å²) in [5.41, 5.74) is 2.61. The quantitative estimate of drug-likeness (QED) is 0.757. The molecule has 2 saturated heterocycles. The van der Waals surface area contributed by atoms with Crippen LogP contribution in [0.2, 0.25) is 5.02 Å². The molecule has 4 rings (SSSR count). The van der Waals surface area contributed by atoms with Gasteiger partial charge in [0.05, 0.1) is 37.8 Å². The van der Waals surface area contributed by atoms with E-state index in [0.29, 0.717) is 43.7 Å². The number of carbonyl (C=O) groups excluding carboxylic acids is 1. The number of carbonyl (C=O) groups is 1.